The first-order chi connectivity index (χ1) is 16.7. The molecule has 2 bridgehead atoms. The van der Waals surface area contributed by atoms with Gasteiger partial charge in [-0.1, -0.05) is 11.6 Å². The summed E-state index contributed by atoms with van der Waals surface area (Å²) in [6.07, 6.45) is 7.44. The number of piperidine rings is 1. The second kappa shape index (κ2) is 9.30. The van der Waals surface area contributed by atoms with E-state index in [4.69, 9.17) is 16.3 Å². The van der Waals surface area contributed by atoms with Crippen LogP contribution in [-0.4, -0.2) is 46.6 Å². The maximum absolute atomic E-state index is 13.3. The van der Waals surface area contributed by atoms with Crippen LogP contribution in [0, 0.1) is 5.82 Å². The Balaban J connectivity index is 1.20. The predicted octanol–water partition coefficient (Wildman–Crippen LogP) is 4.24. The Morgan fingerprint density at radius 2 is 1.77 bits per heavy atom. The van der Waals surface area contributed by atoms with Crippen LogP contribution in [0.25, 0.3) is 0 Å². The van der Waals surface area contributed by atoms with Gasteiger partial charge in [0, 0.05) is 30.4 Å². The molecule has 2 aliphatic heterocycles. The zero-order valence-corrected chi connectivity index (χ0v) is 20.6. The first kappa shape index (κ1) is 23.9. The number of pyridine rings is 1. The third kappa shape index (κ3) is 5.22. The molecule has 7 nitrogen and oxygen atoms in total. The maximum atomic E-state index is 13.3. The molecule has 2 amide bonds. The van der Waals surface area contributed by atoms with Gasteiger partial charge in [0.1, 0.15) is 17.4 Å². The molecule has 1 aliphatic carbocycles. The number of amides is 2. The number of hydrogen-bond donors (Lipinski definition) is 2. The van der Waals surface area contributed by atoms with Crippen molar-refractivity contribution in [2.45, 2.75) is 82.1 Å². The first-order valence-corrected chi connectivity index (χ1v) is 12.6. The number of hydrogen-bond acceptors (Lipinski definition) is 5. The van der Waals surface area contributed by atoms with Crippen molar-refractivity contribution in [2.75, 3.05) is 4.90 Å². The van der Waals surface area contributed by atoms with Gasteiger partial charge >= 0.3 is 0 Å². The largest absolute Gasteiger partial charge is 0.476 e. The molecule has 2 atom stereocenters. The van der Waals surface area contributed by atoms with Crippen LogP contribution >= 0.6 is 11.6 Å². The fourth-order valence-electron chi connectivity index (χ4n) is 5.08. The van der Waals surface area contributed by atoms with Crippen LogP contribution < -0.4 is 20.3 Å². The summed E-state index contributed by atoms with van der Waals surface area (Å²) in [4.78, 5) is 32.3. The lowest BCUT2D eigenvalue weighted by atomic mass is 9.96. The number of aromatic nitrogens is 1. The molecule has 1 saturated carbocycles. The molecule has 35 heavy (non-hydrogen) atoms. The third-order valence-corrected chi connectivity index (χ3v) is 7.36. The normalized spacial score (nSPS) is 23.7. The van der Waals surface area contributed by atoms with Crippen LogP contribution in [0.1, 0.15) is 62.7 Å². The van der Waals surface area contributed by atoms with E-state index in [-0.39, 0.29) is 40.7 Å². The maximum Gasteiger partial charge on any atom is 0.263 e. The smallest absolute Gasteiger partial charge is 0.263 e. The summed E-state index contributed by atoms with van der Waals surface area (Å²) in [6.45, 7) is 3.35. The Hall–Kier alpha value is -2.87. The van der Waals surface area contributed by atoms with Gasteiger partial charge < -0.3 is 20.3 Å². The number of carbonyl (C=O) groups excluding carboxylic acids is 2. The van der Waals surface area contributed by atoms with Crippen molar-refractivity contribution in [3.63, 3.8) is 0 Å². The number of halogens is 2. The molecule has 2 aromatic rings. The number of carbonyl (C=O) groups is 2. The molecule has 0 radical (unpaired) electrons. The molecule has 3 fully saturated rings. The average molecular weight is 501 g/mol. The molecule has 186 valence electrons. The molecular weight excluding hydrogens is 471 g/mol. The van der Waals surface area contributed by atoms with Gasteiger partial charge in [-0.05, 0) is 82.7 Å². The highest BCUT2D eigenvalue weighted by Gasteiger charge is 2.43. The molecule has 2 unspecified atom stereocenters. The van der Waals surface area contributed by atoms with Crippen LogP contribution in [-0.2, 0) is 4.79 Å². The van der Waals surface area contributed by atoms with E-state index in [2.05, 4.69) is 20.5 Å². The van der Waals surface area contributed by atoms with E-state index in [0.717, 1.165) is 44.3 Å². The zero-order valence-electron chi connectivity index (χ0n) is 19.9. The van der Waals surface area contributed by atoms with Crippen molar-refractivity contribution in [2.24, 2.45) is 0 Å². The number of nitrogens with one attached hydrogen (secondary N) is 2. The van der Waals surface area contributed by atoms with E-state index >= 15 is 0 Å². The van der Waals surface area contributed by atoms with Crippen LogP contribution in [0.4, 0.5) is 10.2 Å². The van der Waals surface area contributed by atoms with E-state index in [1.165, 1.54) is 18.2 Å². The lowest BCUT2D eigenvalue weighted by molar-refractivity contribution is -0.135. The van der Waals surface area contributed by atoms with Crippen LogP contribution in [0.3, 0.4) is 0 Å². The number of ether oxygens (including phenoxy) is 1. The Bertz CT molecular complexity index is 1110. The Morgan fingerprint density at radius 3 is 2.37 bits per heavy atom. The van der Waals surface area contributed by atoms with Gasteiger partial charge in [-0.25, -0.2) is 9.37 Å². The van der Waals surface area contributed by atoms with Crippen molar-refractivity contribution in [3.05, 3.63) is 52.9 Å². The molecule has 1 aromatic heterocycles. The van der Waals surface area contributed by atoms with Crippen molar-refractivity contribution in [1.29, 1.82) is 0 Å². The predicted molar refractivity (Wildman–Crippen MR) is 131 cm³/mol. The van der Waals surface area contributed by atoms with Crippen LogP contribution in [0.2, 0.25) is 5.02 Å². The van der Waals surface area contributed by atoms with E-state index in [9.17, 15) is 14.0 Å². The molecular formula is C26H30ClFN4O3. The van der Waals surface area contributed by atoms with Crippen molar-refractivity contribution in [1.82, 2.24) is 15.6 Å². The second-order valence-electron chi connectivity index (χ2n) is 10.3. The molecule has 1 aromatic carbocycles. The summed E-state index contributed by atoms with van der Waals surface area (Å²) in [5, 5.41) is 6.26. The fourth-order valence-corrected chi connectivity index (χ4v) is 5.28. The van der Waals surface area contributed by atoms with Gasteiger partial charge in [0.05, 0.1) is 10.6 Å². The quantitative estimate of drug-likeness (QED) is 0.594. The molecule has 2 N–H and O–H groups in total. The Morgan fingerprint density at radius 1 is 1.06 bits per heavy atom. The lowest BCUT2D eigenvalue weighted by Crippen LogP contribution is -2.55. The highest BCUT2D eigenvalue weighted by Crippen LogP contribution is 2.39. The average Bonchev–Trinajstić information content (AvgIpc) is 3.58. The first-order valence-electron chi connectivity index (χ1n) is 12.2. The molecule has 3 heterocycles. The van der Waals surface area contributed by atoms with E-state index in [0.29, 0.717) is 11.6 Å². The van der Waals surface area contributed by atoms with Gasteiger partial charge in [-0.2, -0.15) is 0 Å². The summed E-state index contributed by atoms with van der Waals surface area (Å²) < 4.78 is 19.2. The van der Waals surface area contributed by atoms with E-state index in [1.54, 1.807) is 20.0 Å². The standard InChI is InChI=1S/C26H30ClFN4O3/c1-26(2,35-22-9-4-16(28)11-21(22)27)25(34)31-18-12-19-7-8-20(13-18)32(19)23-10-3-15(14-29-23)24(33)30-17-5-6-17/h3-4,9-11,14,17-20H,5-8,12-13H2,1-2H3,(H,30,33)(H,31,34). The number of benzene rings is 1. The highest BCUT2D eigenvalue weighted by molar-refractivity contribution is 6.32. The van der Waals surface area contributed by atoms with Crippen LogP contribution in [0.15, 0.2) is 36.5 Å². The molecule has 3 aliphatic rings. The van der Waals surface area contributed by atoms with Crippen molar-refractivity contribution < 1.29 is 18.7 Å². The minimum Gasteiger partial charge on any atom is -0.476 e. The number of anilines is 1. The topological polar surface area (TPSA) is 83.6 Å². The summed E-state index contributed by atoms with van der Waals surface area (Å²) in [7, 11) is 0. The summed E-state index contributed by atoms with van der Waals surface area (Å²) in [5.41, 5.74) is -0.588. The van der Waals surface area contributed by atoms with Gasteiger partial charge in [0.25, 0.3) is 11.8 Å². The Kier molecular flexibility index (Phi) is 6.34. The Labute approximate surface area is 209 Å². The third-order valence-electron chi connectivity index (χ3n) is 7.06. The molecule has 0 spiro atoms. The van der Waals surface area contributed by atoms with Gasteiger partial charge in [0.15, 0.2) is 5.60 Å². The minimum absolute atomic E-state index is 0.0198. The van der Waals surface area contributed by atoms with Gasteiger partial charge in [-0.15, -0.1) is 0 Å². The minimum atomic E-state index is -1.17. The van der Waals surface area contributed by atoms with Gasteiger partial charge in [-0.3, -0.25) is 9.59 Å². The SMILES string of the molecule is CC(C)(Oc1ccc(F)cc1Cl)C(=O)NC1CC2CCC(C1)N2c1ccc(C(=O)NC2CC2)cn1. The molecule has 2 saturated heterocycles. The monoisotopic (exact) mass is 500 g/mol. The highest BCUT2D eigenvalue weighted by atomic mass is 35.5. The summed E-state index contributed by atoms with van der Waals surface area (Å²) in [6, 6.07) is 8.49. The zero-order chi connectivity index (χ0) is 24.7. The fraction of sp³-hybridized carbons (Fsp3) is 0.500. The van der Waals surface area contributed by atoms with Gasteiger partial charge in [0.2, 0.25) is 0 Å². The van der Waals surface area contributed by atoms with Crippen LogP contribution in [0.5, 0.6) is 5.75 Å². The summed E-state index contributed by atoms with van der Waals surface area (Å²) in [5.74, 6) is 0.378. The number of fused-ring (bicyclic) bond motifs is 2. The molecule has 5 rings (SSSR count). The lowest BCUT2D eigenvalue weighted by Gasteiger charge is -2.40. The number of nitrogens with zero attached hydrogens (tertiary/aromatic N) is 2. The molecule has 9 heteroatoms. The second-order valence-corrected chi connectivity index (χ2v) is 10.7. The van der Waals surface area contributed by atoms with Crippen molar-refractivity contribution >= 4 is 29.2 Å². The number of rotatable bonds is 7. The summed E-state index contributed by atoms with van der Waals surface area (Å²) >= 11 is 6.07. The van der Waals surface area contributed by atoms with E-state index in [1.807, 2.05) is 12.1 Å². The van der Waals surface area contributed by atoms with E-state index < -0.39 is 11.4 Å². The van der Waals surface area contributed by atoms with Crippen molar-refractivity contribution in [3.8, 4) is 5.75 Å².